The van der Waals surface area contributed by atoms with E-state index in [0.29, 0.717) is 5.88 Å². The molecule has 0 atom stereocenters. The maximum absolute atomic E-state index is 5.99. The quantitative estimate of drug-likeness (QED) is 0.905. The zero-order chi connectivity index (χ0) is 13.0. The van der Waals surface area contributed by atoms with Crippen LogP contribution in [-0.2, 0) is 12.8 Å². The van der Waals surface area contributed by atoms with E-state index < -0.39 is 0 Å². The first-order valence-corrected chi connectivity index (χ1v) is 7.97. The first-order chi connectivity index (χ1) is 9.24. The fourth-order valence-electron chi connectivity index (χ4n) is 5.46. The first-order valence-electron chi connectivity index (χ1n) is 7.97. The highest BCUT2D eigenvalue weighted by Gasteiger charge is 2.48. The van der Waals surface area contributed by atoms with Crippen molar-refractivity contribution in [3.05, 3.63) is 11.3 Å². The van der Waals surface area contributed by atoms with Crippen LogP contribution in [-0.4, -0.2) is 5.16 Å². The van der Waals surface area contributed by atoms with E-state index in [1.54, 1.807) is 0 Å². The minimum atomic E-state index is 0.575. The number of nitrogen functional groups attached to an aromatic ring is 1. The van der Waals surface area contributed by atoms with Crippen LogP contribution in [0.3, 0.4) is 0 Å². The van der Waals surface area contributed by atoms with Gasteiger partial charge in [0.15, 0.2) is 0 Å². The maximum Gasteiger partial charge on any atom is 0.225 e. The molecule has 0 amide bonds. The number of nitrogens with zero attached hydrogens (tertiary/aromatic N) is 1. The van der Waals surface area contributed by atoms with E-state index in [0.717, 1.165) is 48.1 Å². The van der Waals surface area contributed by atoms with E-state index in [9.17, 15) is 0 Å². The van der Waals surface area contributed by atoms with Crippen LogP contribution in [0.25, 0.3) is 0 Å². The van der Waals surface area contributed by atoms with Crippen LogP contribution < -0.4 is 5.73 Å². The molecule has 3 nitrogen and oxygen atoms in total. The Balaban J connectivity index is 1.58. The molecule has 5 rings (SSSR count). The van der Waals surface area contributed by atoms with Gasteiger partial charge in [-0.05, 0) is 74.5 Å². The highest BCUT2D eigenvalue weighted by atomic mass is 16.5. The van der Waals surface area contributed by atoms with Gasteiger partial charge in [0.05, 0.1) is 5.69 Å². The van der Waals surface area contributed by atoms with E-state index in [4.69, 9.17) is 10.3 Å². The van der Waals surface area contributed by atoms with Crippen molar-refractivity contribution in [3.8, 4) is 0 Å². The van der Waals surface area contributed by atoms with Crippen LogP contribution in [0.5, 0.6) is 0 Å². The van der Waals surface area contributed by atoms with Gasteiger partial charge < -0.3 is 10.3 Å². The molecule has 0 spiro atoms. The molecule has 0 radical (unpaired) electrons. The summed E-state index contributed by atoms with van der Waals surface area (Å²) in [6.45, 7) is 2.14. The van der Waals surface area contributed by atoms with Crippen molar-refractivity contribution in [3.63, 3.8) is 0 Å². The third-order valence-corrected chi connectivity index (χ3v) is 6.10. The van der Waals surface area contributed by atoms with Gasteiger partial charge in [-0.3, -0.25) is 0 Å². The molecule has 4 saturated carbocycles. The summed E-state index contributed by atoms with van der Waals surface area (Å²) in [6, 6.07) is 0. The summed E-state index contributed by atoms with van der Waals surface area (Å²) in [4.78, 5) is 0. The normalized spacial score (nSPS) is 39.9. The van der Waals surface area contributed by atoms with E-state index >= 15 is 0 Å². The van der Waals surface area contributed by atoms with Crippen molar-refractivity contribution >= 4 is 5.88 Å². The number of hydrogen-bond donors (Lipinski definition) is 1. The van der Waals surface area contributed by atoms with Gasteiger partial charge in [-0.1, -0.05) is 12.1 Å². The molecule has 0 aliphatic heterocycles. The summed E-state index contributed by atoms with van der Waals surface area (Å²) in [7, 11) is 0. The Labute approximate surface area is 114 Å². The Hall–Kier alpha value is -0.990. The van der Waals surface area contributed by atoms with Gasteiger partial charge in [-0.2, -0.15) is 0 Å². The summed E-state index contributed by atoms with van der Waals surface area (Å²) < 4.78 is 5.21. The zero-order valence-corrected chi connectivity index (χ0v) is 11.8. The number of nitrogens with two attached hydrogens (primary N) is 1. The number of hydrogen-bond acceptors (Lipinski definition) is 3. The molecule has 4 aliphatic rings. The predicted octanol–water partition coefficient (Wildman–Crippen LogP) is 3.43. The van der Waals surface area contributed by atoms with Gasteiger partial charge >= 0.3 is 0 Å². The topological polar surface area (TPSA) is 52.0 Å². The average Bonchev–Trinajstić information content (AvgIpc) is 2.73. The van der Waals surface area contributed by atoms with E-state index in [1.165, 1.54) is 37.7 Å². The van der Waals surface area contributed by atoms with Crippen LogP contribution >= 0.6 is 0 Å². The van der Waals surface area contributed by atoms with Gasteiger partial charge in [0.2, 0.25) is 5.88 Å². The molecule has 1 aromatic heterocycles. The lowest BCUT2D eigenvalue weighted by Gasteiger charge is -2.54. The van der Waals surface area contributed by atoms with Gasteiger partial charge in [0.25, 0.3) is 0 Å². The second kappa shape index (κ2) is 4.26. The first kappa shape index (κ1) is 11.8. The van der Waals surface area contributed by atoms with Crippen molar-refractivity contribution in [2.75, 3.05) is 5.73 Å². The summed E-state index contributed by atoms with van der Waals surface area (Å²) in [5.74, 6) is 5.42. The number of aryl methyl sites for hydroxylation is 1. The molecule has 3 heteroatoms. The maximum atomic E-state index is 5.99. The fourth-order valence-corrected chi connectivity index (χ4v) is 5.46. The van der Waals surface area contributed by atoms with Crippen LogP contribution in [0.2, 0.25) is 0 Å². The standard InChI is InChI=1S/C16H24N2O/c1-2-15-14(16(17)19-18-15)8-13-11-4-9-3-10(6-11)7-12(13)5-9/h9-13H,2-8,17H2,1H3. The molecule has 4 bridgehead atoms. The smallest absolute Gasteiger partial charge is 0.225 e. The number of aromatic nitrogens is 1. The molecule has 19 heavy (non-hydrogen) atoms. The molecular weight excluding hydrogens is 236 g/mol. The molecule has 2 N–H and O–H groups in total. The Bertz CT molecular complexity index is 451. The lowest BCUT2D eigenvalue weighted by atomic mass is 9.51. The minimum absolute atomic E-state index is 0.575. The Morgan fingerprint density at radius 2 is 1.74 bits per heavy atom. The zero-order valence-electron chi connectivity index (χ0n) is 11.8. The molecule has 0 aromatic carbocycles. The molecule has 1 aromatic rings. The van der Waals surface area contributed by atoms with Crippen LogP contribution in [0.15, 0.2) is 4.52 Å². The number of rotatable bonds is 3. The summed E-state index contributed by atoms with van der Waals surface area (Å²) in [6.07, 6.45) is 9.48. The number of anilines is 1. The van der Waals surface area contributed by atoms with Gasteiger partial charge in [0.1, 0.15) is 0 Å². The second-order valence-electron chi connectivity index (χ2n) is 7.12. The van der Waals surface area contributed by atoms with Crippen molar-refractivity contribution in [2.24, 2.45) is 29.6 Å². The van der Waals surface area contributed by atoms with E-state index in [1.807, 2.05) is 0 Å². The minimum Gasteiger partial charge on any atom is -0.367 e. The van der Waals surface area contributed by atoms with Crippen LogP contribution in [0.4, 0.5) is 5.88 Å². The average molecular weight is 260 g/mol. The molecule has 1 heterocycles. The van der Waals surface area contributed by atoms with Crippen molar-refractivity contribution in [1.29, 1.82) is 0 Å². The third-order valence-electron chi connectivity index (χ3n) is 6.10. The monoisotopic (exact) mass is 260 g/mol. The fraction of sp³-hybridized carbons (Fsp3) is 0.812. The third kappa shape index (κ3) is 1.81. The Kier molecular flexibility index (Phi) is 2.64. The van der Waals surface area contributed by atoms with Gasteiger partial charge in [0, 0.05) is 5.56 Å². The Morgan fingerprint density at radius 3 is 2.32 bits per heavy atom. The second-order valence-corrected chi connectivity index (χ2v) is 7.12. The van der Waals surface area contributed by atoms with Crippen LogP contribution in [0.1, 0.15) is 50.3 Å². The van der Waals surface area contributed by atoms with Crippen LogP contribution in [0, 0.1) is 29.6 Å². The summed E-state index contributed by atoms with van der Waals surface area (Å²) in [5.41, 5.74) is 8.30. The Morgan fingerprint density at radius 1 is 1.11 bits per heavy atom. The molecule has 4 fully saturated rings. The molecule has 0 saturated heterocycles. The molecular formula is C16H24N2O. The largest absolute Gasteiger partial charge is 0.367 e. The summed E-state index contributed by atoms with van der Waals surface area (Å²) >= 11 is 0. The van der Waals surface area contributed by atoms with E-state index in [-0.39, 0.29) is 0 Å². The molecule has 0 unspecified atom stereocenters. The van der Waals surface area contributed by atoms with Crippen molar-refractivity contribution in [2.45, 2.75) is 51.9 Å². The van der Waals surface area contributed by atoms with E-state index in [2.05, 4.69) is 12.1 Å². The lowest BCUT2D eigenvalue weighted by Crippen LogP contribution is -2.45. The lowest BCUT2D eigenvalue weighted by molar-refractivity contribution is -0.0360. The van der Waals surface area contributed by atoms with Crippen molar-refractivity contribution in [1.82, 2.24) is 5.16 Å². The molecule has 4 aliphatic carbocycles. The highest BCUT2D eigenvalue weighted by Crippen LogP contribution is 2.57. The van der Waals surface area contributed by atoms with Gasteiger partial charge in [-0.15, -0.1) is 0 Å². The summed E-state index contributed by atoms with van der Waals surface area (Å²) in [5, 5.41) is 4.12. The van der Waals surface area contributed by atoms with Crippen molar-refractivity contribution < 1.29 is 4.52 Å². The van der Waals surface area contributed by atoms with Gasteiger partial charge in [-0.25, -0.2) is 0 Å². The predicted molar refractivity (Wildman–Crippen MR) is 74.5 cm³/mol. The highest BCUT2D eigenvalue weighted by molar-refractivity contribution is 5.39. The SMILES string of the molecule is CCc1noc(N)c1CC1C2CC3CC(C2)CC1C3. The molecule has 104 valence electrons.